The molecular weight excluding hydrogens is 833 g/mol. The summed E-state index contributed by atoms with van der Waals surface area (Å²) in [4.78, 5) is 49.1. The Morgan fingerprint density at radius 2 is 0.667 bits per heavy atom. The third-order valence-electron chi connectivity index (χ3n) is 10.1. The van der Waals surface area contributed by atoms with Gasteiger partial charge in [-0.2, -0.15) is 0 Å². The number of benzene rings is 4. The van der Waals surface area contributed by atoms with Gasteiger partial charge < -0.3 is 18.9 Å². The molecule has 0 bridgehead atoms. The number of rotatable bonds is 23. The van der Waals surface area contributed by atoms with Crippen molar-refractivity contribution in [2.75, 3.05) is 47.7 Å². The van der Waals surface area contributed by atoms with Crippen molar-refractivity contribution in [3.63, 3.8) is 0 Å². The molecule has 12 heteroatoms. The number of allylic oxidation sites excluding steroid dienone is 6. The zero-order valence-corrected chi connectivity index (χ0v) is 39.3. The van der Waals surface area contributed by atoms with Crippen LogP contribution >= 0.6 is 0 Å². The Kier molecular flexibility index (Phi) is 22.4. The molecule has 0 aliphatic carbocycles. The Bertz CT molecular complexity index is 2110. The number of carbonyl (C=O) groups excluding carboxylic acids is 4. The molecule has 0 heterocycles. The van der Waals surface area contributed by atoms with Crippen LogP contribution in [0.4, 0.5) is 41.9 Å². The summed E-state index contributed by atoms with van der Waals surface area (Å²) in [5.41, 5.74) is 11.7. The molecular formula is C54H66N4O8. The predicted molar refractivity (Wildman–Crippen MR) is 265 cm³/mol. The maximum absolute atomic E-state index is 12.3. The highest BCUT2D eigenvalue weighted by Crippen LogP contribution is 2.19. The summed E-state index contributed by atoms with van der Waals surface area (Å²) < 4.78 is 21.2. The molecule has 4 aromatic carbocycles. The highest BCUT2D eigenvalue weighted by Gasteiger charge is 2.09. The maximum Gasteiger partial charge on any atom is 0.411 e. The summed E-state index contributed by atoms with van der Waals surface area (Å²) in [5, 5.41) is 11.0. The van der Waals surface area contributed by atoms with Crippen LogP contribution in [0.15, 0.2) is 144 Å². The van der Waals surface area contributed by atoms with E-state index in [0.717, 1.165) is 47.9 Å². The lowest BCUT2D eigenvalue weighted by Gasteiger charge is -2.10. The quantitative estimate of drug-likeness (QED) is 0.0326. The van der Waals surface area contributed by atoms with Crippen LogP contribution in [-0.4, -0.2) is 50.8 Å². The molecule has 0 unspecified atom stereocenters. The molecule has 0 aliphatic rings. The Hall–Kier alpha value is -7.08. The van der Waals surface area contributed by atoms with Gasteiger partial charge in [-0.1, -0.05) is 83.0 Å². The van der Waals surface area contributed by atoms with Crippen molar-refractivity contribution in [3.8, 4) is 0 Å². The maximum atomic E-state index is 12.3. The van der Waals surface area contributed by atoms with E-state index in [2.05, 4.69) is 61.1 Å². The molecule has 0 saturated heterocycles. The Morgan fingerprint density at radius 1 is 0.394 bits per heavy atom. The summed E-state index contributed by atoms with van der Waals surface area (Å²) in [6, 6.07) is 30.1. The van der Waals surface area contributed by atoms with Crippen molar-refractivity contribution in [1.29, 1.82) is 0 Å². The van der Waals surface area contributed by atoms with E-state index in [-0.39, 0.29) is 26.4 Å². The van der Waals surface area contributed by atoms with Gasteiger partial charge in [-0.05, 0) is 176 Å². The number of amides is 4. The van der Waals surface area contributed by atoms with E-state index in [4.69, 9.17) is 18.9 Å². The number of carbonyl (C=O) groups is 4. The first kappa shape index (κ1) is 51.6. The minimum Gasteiger partial charge on any atom is -0.449 e. The molecule has 0 spiro atoms. The third kappa shape index (κ3) is 22.0. The van der Waals surface area contributed by atoms with E-state index in [1.165, 1.54) is 22.3 Å². The molecule has 4 amide bonds. The fourth-order valence-electron chi connectivity index (χ4n) is 6.35. The molecule has 0 aromatic heterocycles. The molecule has 4 rings (SSSR count). The topological polar surface area (TPSA) is 153 Å². The Morgan fingerprint density at radius 3 is 0.939 bits per heavy atom. The smallest absolute Gasteiger partial charge is 0.411 e. The minimum absolute atomic E-state index is 0.174. The fraction of sp³-hybridized carbons (Fsp3) is 0.333. The van der Waals surface area contributed by atoms with E-state index >= 15 is 0 Å². The lowest BCUT2D eigenvalue weighted by molar-refractivity contribution is 0.143. The second-order valence-electron chi connectivity index (χ2n) is 16.6. The number of anilines is 4. The van der Waals surface area contributed by atoms with E-state index < -0.39 is 24.4 Å². The van der Waals surface area contributed by atoms with Gasteiger partial charge in [-0.15, -0.1) is 0 Å². The van der Waals surface area contributed by atoms with Gasteiger partial charge in [0.05, 0.1) is 13.2 Å². The molecule has 0 radical (unpaired) electrons. The van der Waals surface area contributed by atoms with Crippen LogP contribution in [0, 0.1) is 0 Å². The molecule has 0 saturated carbocycles. The van der Waals surface area contributed by atoms with Crippen molar-refractivity contribution in [2.45, 2.75) is 92.9 Å². The number of unbranched alkanes of at least 4 members (excludes halogenated alkanes) is 1. The summed E-state index contributed by atoms with van der Waals surface area (Å²) in [6.07, 6.45) is 12.3. The molecule has 66 heavy (non-hydrogen) atoms. The summed E-state index contributed by atoms with van der Waals surface area (Å²) in [7, 11) is 0. The van der Waals surface area contributed by atoms with Crippen molar-refractivity contribution in [2.24, 2.45) is 0 Å². The summed E-state index contributed by atoms with van der Waals surface area (Å²) >= 11 is 0. The largest absolute Gasteiger partial charge is 0.449 e. The second kappa shape index (κ2) is 28.7. The predicted octanol–water partition coefficient (Wildman–Crippen LogP) is 13.9. The first-order valence-electron chi connectivity index (χ1n) is 22.5. The normalized spacial score (nSPS) is 11.1. The average Bonchev–Trinajstić information content (AvgIpc) is 3.27. The van der Waals surface area contributed by atoms with Crippen molar-refractivity contribution in [1.82, 2.24) is 0 Å². The van der Waals surface area contributed by atoms with Gasteiger partial charge in [0.15, 0.2) is 0 Å². The minimum atomic E-state index is -0.566. The molecule has 0 aliphatic heterocycles. The highest BCUT2D eigenvalue weighted by molar-refractivity contribution is 5.86. The average molecular weight is 899 g/mol. The summed E-state index contributed by atoms with van der Waals surface area (Å²) in [5.74, 6) is 0. The van der Waals surface area contributed by atoms with Gasteiger partial charge in [-0.3, -0.25) is 21.3 Å². The van der Waals surface area contributed by atoms with Gasteiger partial charge in [0.25, 0.3) is 0 Å². The lowest BCUT2D eigenvalue weighted by atomic mass is 10.0. The summed E-state index contributed by atoms with van der Waals surface area (Å²) in [6.45, 7) is 13.2. The van der Waals surface area contributed by atoms with Gasteiger partial charge in [0.2, 0.25) is 0 Å². The third-order valence-corrected chi connectivity index (χ3v) is 10.1. The molecule has 4 aromatic rings. The first-order chi connectivity index (χ1) is 31.8. The number of hydrogen-bond acceptors (Lipinski definition) is 8. The van der Waals surface area contributed by atoms with Crippen LogP contribution in [0.1, 0.15) is 102 Å². The Labute approximate surface area is 390 Å². The fourth-order valence-corrected chi connectivity index (χ4v) is 6.35. The van der Waals surface area contributed by atoms with E-state index in [1.54, 1.807) is 0 Å². The molecule has 350 valence electrons. The lowest BCUT2D eigenvalue weighted by Crippen LogP contribution is -2.16. The zero-order chi connectivity index (χ0) is 47.5. The number of nitrogens with one attached hydrogen (secondary N) is 4. The van der Waals surface area contributed by atoms with Crippen LogP contribution in [0.5, 0.6) is 0 Å². The van der Waals surface area contributed by atoms with Gasteiger partial charge >= 0.3 is 24.4 Å². The number of ether oxygens (including phenoxy) is 4. The first-order valence-corrected chi connectivity index (χ1v) is 22.5. The van der Waals surface area contributed by atoms with Crippen molar-refractivity contribution < 1.29 is 38.1 Å². The van der Waals surface area contributed by atoms with Crippen molar-refractivity contribution in [3.05, 3.63) is 166 Å². The van der Waals surface area contributed by atoms with Gasteiger partial charge in [0.1, 0.15) is 13.2 Å². The molecule has 0 fully saturated rings. The second-order valence-corrected chi connectivity index (χ2v) is 16.6. The highest BCUT2D eigenvalue weighted by atomic mass is 16.6. The van der Waals surface area contributed by atoms with Crippen LogP contribution in [0.2, 0.25) is 0 Å². The standard InChI is InChI=1S/C54H66N4O8/c1-39(2)11-9-13-41(5)31-35-65-53(61)57-49-27-19-45(20-28-49)37-43-15-23-47(24-16-43)55-51(59)63-33-7-8-34-64-52(60)56-48-25-17-44(18-26-48)38-46-21-29-50(30-22-46)58-54(62)66-36-32-42(6)14-10-12-40(3)4/h11-12,15-32H,7-10,13-14,33-38H2,1-6H3,(H,55,59)(H,56,60)(H,57,61)(H,58,62)/b41-31+,42-32+. The molecule has 4 N–H and O–H groups in total. The van der Waals surface area contributed by atoms with Crippen LogP contribution in [-0.2, 0) is 31.8 Å². The van der Waals surface area contributed by atoms with Crippen LogP contribution in [0.25, 0.3) is 0 Å². The monoisotopic (exact) mass is 898 g/mol. The van der Waals surface area contributed by atoms with E-state index in [9.17, 15) is 19.2 Å². The Balaban J connectivity index is 1.04. The van der Waals surface area contributed by atoms with Crippen LogP contribution in [0.3, 0.4) is 0 Å². The SMILES string of the molecule is CC(C)=CCC/C(C)=C/COC(=O)Nc1ccc(Cc2ccc(NC(=O)OCCCCOC(=O)Nc3ccc(Cc4ccc(NC(=O)OC/C=C(\C)CCC=C(C)C)cc4)cc3)cc2)cc1. The zero-order valence-electron chi connectivity index (χ0n) is 39.3. The van der Waals surface area contributed by atoms with Crippen molar-refractivity contribution >= 4 is 47.1 Å². The van der Waals surface area contributed by atoms with Gasteiger partial charge in [-0.25, -0.2) is 19.2 Å². The number of hydrogen-bond donors (Lipinski definition) is 4. The van der Waals surface area contributed by atoms with E-state index in [0.29, 0.717) is 48.4 Å². The van der Waals surface area contributed by atoms with E-state index in [1.807, 2.05) is 123 Å². The molecule has 12 nitrogen and oxygen atoms in total. The van der Waals surface area contributed by atoms with Crippen LogP contribution < -0.4 is 21.3 Å². The molecule has 0 atom stereocenters. The van der Waals surface area contributed by atoms with Gasteiger partial charge in [0, 0.05) is 22.7 Å².